The van der Waals surface area contributed by atoms with Gasteiger partial charge in [-0.15, -0.1) is 0 Å². The number of carboxylic acid groups (broad SMARTS) is 2. The molecule has 0 fully saturated rings. The van der Waals surface area contributed by atoms with E-state index in [1.54, 1.807) is 24.3 Å². The fourth-order valence-electron chi connectivity index (χ4n) is 3.03. The number of hydrogen-bond acceptors (Lipinski definition) is 4. The fraction of sp³-hybridized carbons (Fsp3) is 0.0909. The van der Waals surface area contributed by atoms with Crippen molar-refractivity contribution >= 4 is 46.0 Å². The van der Waals surface area contributed by atoms with Crippen molar-refractivity contribution in [3.8, 4) is 0 Å². The van der Waals surface area contributed by atoms with Gasteiger partial charge >= 0.3 is 18.0 Å². The summed E-state index contributed by atoms with van der Waals surface area (Å²) in [5, 5.41) is 25.7. The smallest absolute Gasteiger partial charge is 0.326 e. The van der Waals surface area contributed by atoms with Crippen LogP contribution >= 0.6 is 0 Å². The van der Waals surface area contributed by atoms with Crippen LogP contribution in [0.5, 0.6) is 0 Å². The van der Waals surface area contributed by atoms with Gasteiger partial charge in [0.2, 0.25) is 0 Å². The first-order valence-electron chi connectivity index (χ1n) is 9.46. The number of hydrogen-bond donors (Lipinski definition) is 5. The maximum Gasteiger partial charge on any atom is 0.326 e. The molecule has 0 heterocycles. The molecule has 9 nitrogen and oxygen atoms in total. The number of amides is 3. The highest BCUT2D eigenvalue weighted by atomic mass is 19.1. The second-order valence-corrected chi connectivity index (χ2v) is 6.88. The molecule has 3 rings (SSSR count). The van der Waals surface area contributed by atoms with Gasteiger partial charge in [0.1, 0.15) is 23.4 Å². The Hall–Kier alpha value is -4.54. The van der Waals surface area contributed by atoms with E-state index >= 15 is 0 Å². The molecule has 0 bridgehead atoms. The largest absolute Gasteiger partial charge is 0.481 e. The van der Waals surface area contributed by atoms with E-state index in [1.165, 1.54) is 12.1 Å². The number of carbonyl (C=O) groups is 4. The monoisotopic (exact) mass is 457 g/mol. The number of carboxylic acids is 2. The maximum absolute atomic E-state index is 13.8. The van der Waals surface area contributed by atoms with Gasteiger partial charge in [0.15, 0.2) is 0 Å². The molecule has 0 saturated heterocycles. The number of anilines is 2. The Kier molecular flexibility index (Phi) is 6.82. The van der Waals surface area contributed by atoms with Gasteiger partial charge in [0.05, 0.1) is 17.7 Å². The van der Waals surface area contributed by atoms with Crippen LogP contribution < -0.4 is 16.0 Å². The van der Waals surface area contributed by atoms with Crippen molar-refractivity contribution in [3.63, 3.8) is 0 Å². The zero-order chi connectivity index (χ0) is 24.1. The number of fused-ring (bicyclic) bond motifs is 1. The van der Waals surface area contributed by atoms with Gasteiger partial charge in [-0.2, -0.15) is 0 Å². The summed E-state index contributed by atoms with van der Waals surface area (Å²) < 4.78 is 27.7. The molecular formula is C22H17F2N3O6. The second-order valence-electron chi connectivity index (χ2n) is 6.88. The van der Waals surface area contributed by atoms with Crippen molar-refractivity contribution in [2.75, 3.05) is 10.6 Å². The van der Waals surface area contributed by atoms with E-state index in [0.717, 1.165) is 18.2 Å². The van der Waals surface area contributed by atoms with E-state index in [9.17, 15) is 33.1 Å². The number of nitrogens with one attached hydrogen (secondary N) is 3. The molecule has 33 heavy (non-hydrogen) atoms. The Morgan fingerprint density at radius 2 is 1.45 bits per heavy atom. The van der Waals surface area contributed by atoms with Crippen LogP contribution in [-0.2, 0) is 9.59 Å². The number of benzene rings is 3. The molecule has 5 N–H and O–H groups in total. The van der Waals surface area contributed by atoms with Crippen LogP contribution in [0, 0.1) is 11.6 Å². The van der Waals surface area contributed by atoms with E-state index in [-0.39, 0.29) is 11.3 Å². The van der Waals surface area contributed by atoms with Gasteiger partial charge in [-0.25, -0.2) is 18.4 Å². The molecule has 0 aliphatic heterocycles. The minimum Gasteiger partial charge on any atom is -0.481 e. The predicted molar refractivity (Wildman–Crippen MR) is 114 cm³/mol. The zero-order valence-corrected chi connectivity index (χ0v) is 16.8. The lowest BCUT2D eigenvalue weighted by Gasteiger charge is -2.16. The molecule has 170 valence electrons. The van der Waals surface area contributed by atoms with Crippen LogP contribution in [0.2, 0.25) is 0 Å². The van der Waals surface area contributed by atoms with Gasteiger partial charge in [0, 0.05) is 0 Å². The lowest BCUT2D eigenvalue weighted by Crippen LogP contribution is -2.42. The number of aliphatic carboxylic acids is 2. The molecule has 0 aromatic heterocycles. The first-order chi connectivity index (χ1) is 15.7. The van der Waals surface area contributed by atoms with Crippen LogP contribution in [-0.4, -0.2) is 40.1 Å². The normalized spacial score (nSPS) is 11.5. The molecule has 0 unspecified atom stereocenters. The molecule has 0 aliphatic rings. The molecule has 0 radical (unpaired) electrons. The van der Waals surface area contributed by atoms with Gasteiger partial charge in [-0.05, 0) is 35.0 Å². The van der Waals surface area contributed by atoms with Crippen molar-refractivity contribution in [3.05, 3.63) is 71.8 Å². The van der Waals surface area contributed by atoms with Crippen molar-refractivity contribution in [1.29, 1.82) is 0 Å². The molecule has 0 spiro atoms. The van der Waals surface area contributed by atoms with Crippen molar-refractivity contribution in [1.82, 2.24) is 5.32 Å². The summed E-state index contributed by atoms with van der Waals surface area (Å²) in [6.07, 6.45) is -0.871. The summed E-state index contributed by atoms with van der Waals surface area (Å²) in [5.41, 5.74) is -0.983. The Bertz CT molecular complexity index is 1240. The highest BCUT2D eigenvalue weighted by molar-refractivity contribution is 6.10. The SMILES string of the molecule is O=C(O)C[C@H](NC(=O)c1cc2ccccc2cc1NC(=O)Nc1c(F)cccc1F)C(=O)O. The minimum absolute atomic E-state index is 0.0973. The molecule has 3 aromatic rings. The van der Waals surface area contributed by atoms with Crippen LogP contribution in [0.25, 0.3) is 10.8 Å². The molecule has 0 aliphatic carbocycles. The standard InChI is InChI=1S/C22H17F2N3O6/c23-14-6-3-7-15(24)19(14)27-22(33)26-16-9-12-5-2-1-4-11(12)8-13(16)20(30)25-17(21(31)32)10-18(28)29/h1-9,17H,10H2,(H,25,30)(H,28,29)(H,31,32)(H2,26,27,33)/t17-/m0/s1. The number of urea groups is 1. The molecule has 3 amide bonds. The third kappa shape index (κ3) is 5.58. The molecule has 11 heteroatoms. The molecule has 3 aromatic carbocycles. The summed E-state index contributed by atoms with van der Waals surface area (Å²) in [7, 11) is 0. The topological polar surface area (TPSA) is 145 Å². The molecule has 1 atom stereocenters. The zero-order valence-electron chi connectivity index (χ0n) is 16.8. The Labute approximate surface area is 185 Å². The summed E-state index contributed by atoms with van der Waals surface area (Å²) in [6.45, 7) is 0. The first-order valence-corrected chi connectivity index (χ1v) is 9.46. The number of rotatable bonds is 7. The average Bonchev–Trinajstić information content (AvgIpc) is 2.75. The van der Waals surface area contributed by atoms with Gasteiger partial charge < -0.3 is 26.2 Å². The predicted octanol–water partition coefficient (Wildman–Crippen LogP) is 3.42. The number of para-hydroxylation sites is 1. The Morgan fingerprint density at radius 1 is 0.848 bits per heavy atom. The van der Waals surface area contributed by atoms with Gasteiger partial charge in [0.25, 0.3) is 5.91 Å². The lowest BCUT2D eigenvalue weighted by atomic mass is 10.0. The highest BCUT2D eigenvalue weighted by Crippen LogP contribution is 2.25. The van der Waals surface area contributed by atoms with Crippen LogP contribution in [0.4, 0.5) is 25.0 Å². The maximum atomic E-state index is 13.8. The van der Waals surface area contributed by atoms with Crippen molar-refractivity contribution in [2.45, 2.75) is 12.5 Å². The van der Waals surface area contributed by atoms with Gasteiger partial charge in [-0.1, -0.05) is 30.3 Å². The van der Waals surface area contributed by atoms with E-state index in [4.69, 9.17) is 5.11 Å². The quantitative estimate of drug-likeness (QED) is 0.368. The Balaban J connectivity index is 1.94. The lowest BCUT2D eigenvalue weighted by molar-refractivity contribution is -0.145. The number of halogens is 2. The molecular weight excluding hydrogens is 440 g/mol. The summed E-state index contributed by atoms with van der Waals surface area (Å²) in [6, 6.07) is 9.73. The number of carbonyl (C=O) groups excluding carboxylic acids is 2. The van der Waals surface area contributed by atoms with Crippen molar-refractivity contribution < 1.29 is 38.2 Å². The van der Waals surface area contributed by atoms with Crippen LogP contribution in [0.3, 0.4) is 0 Å². The third-order valence-corrected chi connectivity index (χ3v) is 4.56. The van der Waals surface area contributed by atoms with Crippen LogP contribution in [0.1, 0.15) is 16.8 Å². The summed E-state index contributed by atoms with van der Waals surface area (Å²) >= 11 is 0. The summed E-state index contributed by atoms with van der Waals surface area (Å²) in [5.74, 6) is -6.00. The van der Waals surface area contributed by atoms with Crippen molar-refractivity contribution in [2.24, 2.45) is 0 Å². The first kappa shape index (κ1) is 23.1. The van der Waals surface area contributed by atoms with Gasteiger partial charge in [-0.3, -0.25) is 9.59 Å². The Morgan fingerprint density at radius 3 is 2.03 bits per heavy atom. The van der Waals surface area contributed by atoms with E-state index in [2.05, 4.69) is 10.6 Å². The second kappa shape index (κ2) is 9.73. The van der Waals surface area contributed by atoms with E-state index < -0.39 is 53.7 Å². The molecule has 0 saturated carbocycles. The van der Waals surface area contributed by atoms with E-state index in [0.29, 0.717) is 10.8 Å². The summed E-state index contributed by atoms with van der Waals surface area (Å²) in [4.78, 5) is 47.4. The van der Waals surface area contributed by atoms with E-state index in [1.807, 2.05) is 5.32 Å². The third-order valence-electron chi connectivity index (χ3n) is 4.56. The fourth-order valence-corrected chi connectivity index (χ4v) is 3.03. The highest BCUT2D eigenvalue weighted by Gasteiger charge is 2.25. The minimum atomic E-state index is -1.73. The average molecular weight is 457 g/mol. The van der Waals surface area contributed by atoms with Crippen LogP contribution in [0.15, 0.2) is 54.6 Å².